The summed E-state index contributed by atoms with van der Waals surface area (Å²) in [6, 6.07) is 4.46. The van der Waals surface area contributed by atoms with E-state index in [1.165, 1.54) is 7.05 Å². The second kappa shape index (κ2) is 5.27. The highest BCUT2D eigenvalue weighted by Gasteiger charge is 2.33. The number of anilines is 1. The van der Waals surface area contributed by atoms with Gasteiger partial charge < -0.3 is 16.0 Å². The third-order valence-electron chi connectivity index (χ3n) is 3.71. The highest BCUT2D eigenvalue weighted by Crippen LogP contribution is 2.24. The molecule has 1 fully saturated rings. The summed E-state index contributed by atoms with van der Waals surface area (Å²) in [7, 11) is 1.44. The molecule has 3 N–H and O–H groups in total. The quantitative estimate of drug-likeness (QED) is 0.633. The molecule has 0 saturated carbocycles. The van der Waals surface area contributed by atoms with E-state index >= 15 is 0 Å². The minimum Gasteiger partial charge on any atom is -0.325 e. The predicted molar refractivity (Wildman–Crippen MR) is 76.2 cm³/mol. The van der Waals surface area contributed by atoms with E-state index in [4.69, 9.17) is 0 Å². The Morgan fingerprint density at radius 3 is 2.71 bits per heavy atom. The van der Waals surface area contributed by atoms with Crippen molar-refractivity contribution in [2.75, 3.05) is 32.0 Å². The van der Waals surface area contributed by atoms with Crippen molar-refractivity contribution in [3.8, 4) is 0 Å². The Hall–Kier alpha value is -2.25. The molecule has 0 radical (unpaired) electrons. The van der Waals surface area contributed by atoms with Crippen molar-refractivity contribution < 1.29 is 14.4 Å². The van der Waals surface area contributed by atoms with Crippen LogP contribution in [-0.4, -0.2) is 55.3 Å². The monoisotopic (exact) mass is 288 g/mol. The largest absolute Gasteiger partial charge is 0.325 e. The number of rotatable bonds is 2. The number of piperazine rings is 1. The minimum atomic E-state index is -0.344. The number of carbonyl (C=O) groups is 3. The van der Waals surface area contributed by atoms with Crippen LogP contribution in [0.4, 0.5) is 5.69 Å². The van der Waals surface area contributed by atoms with Crippen LogP contribution in [0.3, 0.4) is 0 Å². The van der Waals surface area contributed by atoms with Crippen molar-refractivity contribution in [1.29, 1.82) is 0 Å². The number of imide groups is 1. The summed E-state index contributed by atoms with van der Waals surface area (Å²) in [6.45, 7) is 2.14. The van der Waals surface area contributed by atoms with E-state index in [1.54, 1.807) is 18.2 Å². The number of carbonyl (C=O) groups excluding carboxylic acids is 3. The summed E-state index contributed by atoms with van der Waals surface area (Å²) in [6.07, 6.45) is 0. The van der Waals surface area contributed by atoms with Crippen LogP contribution in [0.15, 0.2) is 18.2 Å². The van der Waals surface area contributed by atoms with E-state index in [0.29, 0.717) is 23.4 Å². The van der Waals surface area contributed by atoms with Crippen molar-refractivity contribution in [3.63, 3.8) is 0 Å². The lowest BCUT2D eigenvalue weighted by Gasteiger charge is -2.23. The number of benzene rings is 1. The number of hydrogen-bond acceptors (Lipinski definition) is 5. The zero-order valence-corrected chi connectivity index (χ0v) is 11.6. The molecule has 1 saturated heterocycles. The molecule has 2 aliphatic heterocycles. The Morgan fingerprint density at radius 2 is 2.00 bits per heavy atom. The summed E-state index contributed by atoms with van der Waals surface area (Å²) in [4.78, 5) is 36.9. The van der Waals surface area contributed by atoms with Gasteiger partial charge in [0.2, 0.25) is 5.91 Å². The average Bonchev–Trinajstić information content (AvgIpc) is 2.73. The highest BCUT2D eigenvalue weighted by molar-refractivity contribution is 6.21. The van der Waals surface area contributed by atoms with Gasteiger partial charge in [-0.15, -0.1) is 0 Å². The van der Waals surface area contributed by atoms with E-state index in [9.17, 15) is 14.4 Å². The Balaban J connectivity index is 1.77. The molecule has 1 atom stereocenters. The fourth-order valence-electron chi connectivity index (χ4n) is 2.51. The summed E-state index contributed by atoms with van der Waals surface area (Å²) in [5.74, 6) is -0.818. The van der Waals surface area contributed by atoms with Crippen LogP contribution >= 0.6 is 0 Å². The van der Waals surface area contributed by atoms with Crippen LogP contribution < -0.4 is 16.0 Å². The fourth-order valence-corrected chi connectivity index (χ4v) is 2.51. The van der Waals surface area contributed by atoms with Gasteiger partial charge in [0, 0.05) is 32.4 Å². The van der Waals surface area contributed by atoms with Crippen molar-refractivity contribution >= 4 is 23.4 Å². The molecule has 0 aromatic heterocycles. The molecule has 3 amide bonds. The standard InChI is InChI=1S/C14H16N4O3/c1-18-13(20)9-3-2-8(6-10(9)14(18)21)17-12(19)11-7-15-4-5-16-11/h2-3,6,11,15-16H,4-5,7H2,1H3,(H,17,19). The van der Waals surface area contributed by atoms with Crippen molar-refractivity contribution in [2.24, 2.45) is 0 Å². The zero-order valence-electron chi connectivity index (χ0n) is 11.6. The molecule has 1 aromatic rings. The number of hydrogen-bond donors (Lipinski definition) is 3. The Kier molecular flexibility index (Phi) is 3.44. The molecular formula is C14H16N4O3. The van der Waals surface area contributed by atoms with Crippen molar-refractivity contribution in [3.05, 3.63) is 29.3 Å². The van der Waals surface area contributed by atoms with Crippen LogP contribution in [0.25, 0.3) is 0 Å². The summed E-state index contributed by atoms with van der Waals surface area (Å²) < 4.78 is 0. The van der Waals surface area contributed by atoms with Gasteiger partial charge in [-0.05, 0) is 18.2 Å². The van der Waals surface area contributed by atoms with Gasteiger partial charge in [0.25, 0.3) is 11.8 Å². The van der Waals surface area contributed by atoms with Gasteiger partial charge in [0.1, 0.15) is 0 Å². The second-order valence-electron chi connectivity index (χ2n) is 5.13. The lowest BCUT2D eigenvalue weighted by Crippen LogP contribution is -2.54. The number of amides is 3. The maximum atomic E-state index is 12.1. The predicted octanol–water partition coefficient (Wildman–Crippen LogP) is -0.588. The van der Waals surface area contributed by atoms with Crippen molar-refractivity contribution in [1.82, 2.24) is 15.5 Å². The van der Waals surface area contributed by atoms with Crippen LogP contribution in [0, 0.1) is 0 Å². The van der Waals surface area contributed by atoms with Crippen molar-refractivity contribution in [2.45, 2.75) is 6.04 Å². The molecule has 110 valence electrons. The van der Waals surface area contributed by atoms with Crippen LogP contribution in [-0.2, 0) is 4.79 Å². The molecule has 0 spiro atoms. The molecule has 1 unspecified atom stereocenters. The average molecular weight is 288 g/mol. The smallest absolute Gasteiger partial charge is 0.261 e. The first-order chi connectivity index (χ1) is 10.1. The molecule has 0 bridgehead atoms. The minimum absolute atomic E-state index is 0.160. The molecule has 2 heterocycles. The number of nitrogens with zero attached hydrogens (tertiary/aromatic N) is 1. The Labute approximate surface area is 121 Å². The van der Waals surface area contributed by atoms with E-state index in [-0.39, 0.29) is 23.8 Å². The van der Waals surface area contributed by atoms with E-state index < -0.39 is 0 Å². The van der Waals surface area contributed by atoms with Gasteiger partial charge in [-0.3, -0.25) is 19.3 Å². The van der Waals surface area contributed by atoms with Gasteiger partial charge in [-0.1, -0.05) is 0 Å². The lowest BCUT2D eigenvalue weighted by atomic mass is 10.1. The van der Waals surface area contributed by atoms with Gasteiger partial charge in [-0.2, -0.15) is 0 Å². The van der Waals surface area contributed by atoms with Crippen LogP contribution in [0.2, 0.25) is 0 Å². The van der Waals surface area contributed by atoms with E-state index in [0.717, 1.165) is 18.0 Å². The first kappa shape index (κ1) is 13.7. The molecule has 7 heteroatoms. The maximum Gasteiger partial charge on any atom is 0.261 e. The first-order valence-corrected chi connectivity index (χ1v) is 6.79. The van der Waals surface area contributed by atoms with E-state index in [2.05, 4.69) is 16.0 Å². The summed E-state index contributed by atoms with van der Waals surface area (Å²) in [5.41, 5.74) is 1.22. The third-order valence-corrected chi connectivity index (χ3v) is 3.71. The van der Waals surface area contributed by atoms with Gasteiger partial charge in [0.05, 0.1) is 17.2 Å². The number of fused-ring (bicyclic) bond motifs is 1. The number of nitrogens with one attached hydrogen (secondary N) is 3. The summed E-state index contributed by atoms with van der Waals surface area (Å²) in [5, 5.41) is 9.01. The molecular weight excluding hydrogens is 272 g/mol. The third kappa shape index (κ3) is 2.41. The fraction of sp³-hybridized carbons (Fsp3) is 0.357. The summed E-state index contributed by atoms with van der Waals surface area (Å²) >= 11 is 0. The van der Waals surface area contributed by atoms with Crippen LogP contribution in [0.1, 0.15) is 20.7 Å². The maximum absolute atomic E-state index is 12.1. The molecule has 3 rings (SSSR count). The topological polar surface area (TPSA) is 90.5 Å². The first-order valence-electron chi connectivity index (χ1n) is 6.79. The normalized spacial score (nSPS) is 21.4. The van der Waals surface area contributed by atoms with E-state index in [1.807, 2.05) is 0 Å². The Morgan fingerprint density at radius 1 is 1.24 bits per heavy atom. The highest BCUT2D eigenvalue weighted by atomic mass is 16.2. The molecule has 0 aliphatic carbocycles. The molecule has 2 aliphatic rings. The SMILES string of the molecule is CN1C(=O)c2ccc(NC(=O)C3CNCCN3)cc2C1=O. The van der Waals surface area contributed by atoms with Gasteiger partial charge in [-0.25, -0.2) is 0 Å². The molecule has 7 nitrogen and oxygen atoms in total. The lowest BCUT2D eigenvalue weighted by molar-refractivity contribution is -0.118. The molecule has 1 aromatic carbocycles. The van der Waals surface area contributed by atoms with Crippen LogP contribution in [0.5, 0.6) is 0 Å². The van der Waals surface area contributed by atoms with Gasteiger partial charge in [0.15, 0.2) is 0 Å². The Bertz CT molecular complexity index is 623. The van der Waals surface area contributed by atoms with Gasteiger partial charge >= 0.3 is 0 Å². The zero-order chi connectivity index (χ0) is 15.0. The molecule has 21 heavy (non-hydrogen) atoms. The second-order valence-corrected chi connectivity index (χ2v) is 5.13.